The van der Waals surface area contributed by atoms with E-state index in [0.717, 1.165) is 22.4 Å². The van der Waals surface area contributed by atoms with E-state index in [1.165, 1.54) is 9.80 Å². The lowest BCUT2D eigenvalue weighted by molar-refractivity contribution is -0.125. The molecule has 0 bridgehead atoms. The third-order valence-corrected chi connectivity index (χ3v) is 8.76. The molecule has 3 aliphatic rings. The summed E-state index contributed by atoms with van der Waals surface area (Å²) in [5.41, 5.74) is 4.96. The minimum atomic E-state index is -0.595. The topological polar surface area (TPSA) is 90.6 Å². The number of benzene rings is 2. The molecule has 3 aromatic rings. The highest BCUT2D eigenvalue weighted by Crippen LogP contribution is 2.52. The average Bonchev–Trinajstić information content (AvgIpc) is 3.58. The van der Waals surface area contributed by atoms with Crippen LogP contribution in [0.15, 0.2) is 60.8 Å². The van der Waals surface area contributed by atoms with Gasteiger partial charge < -0.3 is 4.98 Å². The first-order valence-electron chi connectivity index (χ1n) is 13.8. The number of hydrogen-bond acceptors (Lipinski definition) is 4. The van der Waals surface area contributed by atoms with Gasteiger partial charge in [0, 0.05) is 24.2 Å². The minimum absolute atomic E-state index is 0.0772. The predicted octanol–water partition coefficient (Wildman–Crippen LogP) is 5.60. The van der Waals surface area contributed by atoms with Crippen molar-refractivity contribution in [1.29, 1.82) is 0 Å². The Balaban J connectivity index is 1.30. The van der Waals surface area contributed by atoms with Crippen molar-refractivity contribution < 1.29 is 19.2 Å². The molecular formula is C32H33N3O4. The van der Waals surface area contributed by atoms with Crippen LogP contribution in [0.2, 0.25) is 0 Å². The molecule has 0 radical (unpaired) electrons. The van der Waals surface area contributed by atoms with Crippen LogP contribution in [0.3, 0.4) is 0 Å². The molecular weight excluding hydrogens is 490 g/mol. The zero-order chi connectivity index (χ0) is 27.6. The number of fused-ring (bicyclic) bond motifs is 3. The number of imide groups is 2. The van der Waals surface area contributed by atoms with Gasteiger partial charge in [0.2, 0.25) is 23.6 Å². The Kier molecular flexibility index (Phi) is 6.05. The van der Waals surface area contributed by atoms with E-state index in [0.29, 0.717) is 29.6 Å². The molecule has 0 saturated carbocycles. The predicted molar refractivity (Wildman–Crippen MR) is 149 cm³/mol. The molecule has 2 aliphatic heterocycles. The molecule has 1 unspecified atom stereocenters. The number of amides is 4. The lowest BCUT2D eigenvalue weighted by atomic mass is 9.69. The fourth-order valence-electron chi connectivity index (χ4n) is 6.57. The van der Waals surface area contributed by atoms with Crippen molar-refractivity contribution in [2.24, 2.45) is 11.8 Å². The first-order valence-corrected chi connectivity index (χ1v) is 13.8. The van der Waals surface area contributed by atoms with Gasteiger partial charge in [-0.25, -0.2) is 4.90 Å². The second-order valence-electron chi connectivity index (χ2n) is 11.7. The number of rotatable bonds is 5. The van der Waals surface area contributed by atoms with Crippen molar-refractivity contribution >= 4 is 35.0 Å². The van der Waals surface area contributed by atoms with Gasteiger partial charge in [0.15, 0.2) is 0 Å². The largest absolute Gasteiger partial charge is 0.364 e. The molecule has 200 valence electrons. The average molecular weight is 524 g/mol. The van der Waals surface area contributed by atoms with Crippen molar-refractivity contribution in [3.8, 4) is 0 Å². The van der Waals surface area contributed by atoms with Crippen LogP contribution < -0.4 is 9.80 Å². The molecule has 4 amide bonds. The SMILES string of the molecule is CC(C)c1ccc(N2C(=O)CC([C@H]3C[C@@H]4C(=O)N(c5ccc(C(C)C)cc5)C(=O)[C@@H]4c4cc[nH]c43)C2=O)cc1. The van der Waals surface area contributed by atoms with Crippen LogP contribution in [0.1, 0.15) is 86.6 Å². The van der Waals surface area contributed by atoms with Crippen LogP contribution in [-0.4, -0.2) is 28.6 Å². The fourth-order valence-corrected chi connectivity index (χ4v) is 6.57. The number of carbonyl (C=O) groups is 4. The summed E-state index contributed by atoms with van der Waals surface area (Å²) in [5.74, 6) is -2.39. The van der Waals surface area contributed by atoms with Crippen LogP contribution in [0.25, 0.3) is 0 Å². The van der Waals surface area contributed by atoms with Crippen LogP contribution in [0, 0.1) is 11.8 Å². The summed E-state index contributed by atoms with van der Waals surface area (Å²) in [6, 6.07) is 17.0. The van der Waals surface area contributed by atoms with Gasteiger partial charge in [-0.05, 0) is 65.3 Å². The molecule has 6 rings (SSSR count). The minimum Gasteiger partial charge on any atom is -0.364 e. The first-order chi connectivity index (χ1) is 18.7. The normalized spacial score (nSPS) is 24.8. The smallest absolute Gasteiger partial charge is 0.242 e. The van der Waals surface area contributed by atoms with E-state index in [9.17, 15) is 19.2 Å². The Morgan fingerprint density at radius 1 is 0.667 bits per heavy atom. The summed E-state index contributed by atoms with van der Waals surface area (Å²) in [5, 5.41) is 0. The molecule has 2 aromatic carbocycles. The van der Waals surface area contributed by atoms with Gasteiger partial charge in [-0.2, -0.15) is 0 Å². The number of hydrogen-bond donors (Lipinski definition) is 1. The molecule has 39 heavy (non-hydrogen) atoms. The Morgan fingerprint density at radius 3 is 1.77 bits per heavy atom. The zero-order valence-corrected chi connectivity index (χ0v) is 22.7. The molecule has 2 fully saturated rings. The standard InChI is InChI=1S/C32H33N3O4/c1-17(2)19-5-9-21(10-6-19)34-27(36)16-25(30(34)37)24-15-26-28(23-13-14-33-29(23)24)32(39)35(31(26)38)22-11-7-20(8-12-22)18(3)4/h5-14,17-18,24-26,28,33H,15-16H2,1-4H3/t24-,25?,26+,28-/m1/s1. The van der Waals surface area contributed by atoms with Gasteiger partial charge in [-0.15, -0.1) is 0 Å². The molecule has 1 aromatic heterocycles. The summed E-state index contributed by atoms with van der Waals surface area (Å²) in [4.78, 5) is 60.0. The van der Waals surface area contributed by atoms with E-state index in [1.807, 2.05) is 54.6 Å². The molecule has 1 aliphatic carbocycles. The van der Waals surface area contributed by atoms with Gasteiger partial charge in [0.05, 0.1) is 29.1 Å². The van der Waals surface area contributed by atoms with Crippen molar-refractivity contribution in [2.75, 3.05) is 9.80 Å². The third-order valence-electron chi connectivity index (χ3n) is 8.76. The zero-order valence-electron chi connectivity index (χ0n) is 22.7. The number of carbonyl (C=O) groups excluding carboxylic acids is 4. The molecule has 2 saturated heterocycles. The van der Waals surface area contributed by atoms with E-state index < -0.39 is 17.8 Å². The van der Waals surface area contributed by atoms with Crippen LogP contribution >= 0.6 is 0 Å². The van der Waals surface area contributed by atoms with E-state index in [2.05, 4.69) is 32.7 Å². The van der Waals surface area contributed by atoms with Crippen LogP contribution in [-0.2, 0) is 19.2 Å². The van der Waals surface area contributed by atoms with E-state index in [4.69, 9.17) is 0 Å². The molecule has 7 nitrogen and oxygen atoms in total. The fraction of sp³-hybridized carbons (Fsp3) is 0.375. The Morgan fingerprint density at radius 2 is 1.21 bits per heavy atom. The van der Waals surface area contributed by atoms with Crippen molar-refractivity contribution in [3.05, 3.63) is 83.2 Å². The monoisotopic (exact) mass is 523 g/mol. The molecule has 1 N–H and O–H groups in total. The number of H-pyrrole nitrogens is 1. The number of aromatic amines is 1. The van der Waals surface area contributed by atoms with Gasteiger partial charge in [-0.1, -0.05) is 52.0 Å². The van der Waals surface area contributed by atoms with Gasteiger partial charge in [-0.3, -0.25) is 24.1 Å². The maximum Gasteiger partial charge on any atom is 0.242 e. The molecule has 3 heterocycles. The van der Waals surface area contributed by atoms with Crippen LogP contribution in [0.4, 0.5) is 11.4 Å². The van der Waals surface area contributed by atoms with Gasteiger partial charge >= 0.3 is 0 Å². The van der Waals surface area contributed by atoms with Crippen molar-refractivity contribution in [1.82, 2.24) is 4.98 Å². The molecule has 7 heteroatoms. The highest BCUT2D eigenvalue weighted by molar-refractivity contribution is 6.24. The first kappa shape index (κ1) is 25.3. The third kappa shape index (κ3) is 3.94. The van der Waals surface area contributed by atoms with Gasteiger partial charge in [0.1, 0.15) is 0 Å². The number of aromatic nitrogens is 1. The highest BCUT2D eigenvalue weighted by Gasteiger charge is 2.56. The maximum atomic E-state index is 13.7. The quantitative estimate of drug-likeness (QED) is 0.441. The van der Waals surface area contributed by atoms with E-state index >= 15 is 0 Å². The Hall–Kier alpha value is -4.00. The molecule has 4 atom stereocenters. The van der Waals surface area contributed by atoms with E-state index in [-0.39, 0.29) is 36.0 Å². The summed E-state index contributed by atoms with van der Waals surface area (Å²) in [6.07, 6.45) is 2.18. The van der Waals surface area contributed by atoms with Gasteiger partial charge in [0.25, 0.3) is 0 Å². The second-order valence-corrected chi connectivity index (χ2v) is 11.7. The summed E-state index contributed by atoms with van der Waals surface area (Å²) >= 11 is 0. The van der Waals surface area contributed by atoms with Crippen molar-refractivity contribution in [3.63, 3.8) is 0 Å². The lowest BCUT2D eigenvalue weighted by Gasteiger charge is -2.32. The number of anilines is 2. The molecule has 0 spiro atoms. The lowest BCUT2D eigenvalue weighted by Crippen LogP contribution is -2.35. The van der Waals surface area contributed by atoms with Crippen LogP contribution in [0.5, 0.6) is 0 Å². The van der Waals surface area contributed by atoms with E-state index in [1.54, 1.807) is 6.20 Å². The Labute approximate surface area is 228 Å². The summed E-state index contributed by atoms with van der Waals surface area (Å²) in [6.45, 7) is 8.39. The Bertz CT molecular complexity index is 1470. The summed E-state index contributed by atoms with van der Waals surface area (Å²) in [7, 11) is 0. The number of nitrogens with one attached hydrogen (secondary N) is 1. The second kappa shape index (κ2) is 9.33. The summed E-state index contributed by atoms with van der Waals surface area (Å²) < 4.78 is 0. The highest BCUT2D eigenvalue weighted by atomic mass is 16.2. The maximum absolute atomic E-state index is 13.7. The number of nitrogens with zero attached hydrogens (tertiary/aromatic N) is 2. The van der Waals surface area contributed by atoms with Crippen molar-refractivity contribution in [2.45, 2.75) is 64.2 Å².